The summed E-state index contributed by atoms with van der Waals surface area (Å²) < 4.78 is 2.35. The van der Waals surface area contributed by atoms with Crippen molar-refractivity contribution >= 4 is 5.91 Å². The van der Waals surface area contributed by atoms with E-state index in [-0.39, 0.29) is 0 Å². The number of aromatic nitrogens is 2. The Bertz CT molecular complexity index is 572. The Morgan fingerprint density at radius 3 is 2.60 bits per heavy atom. The molecule has 25 heavy (non-hydrogen) atoms. The van der Waals surface area contributed by atoms with Crippen molar-refractivity contribution in [1.29, 1.82) is 0 Å². The molecule has 1 aliphatic heterocycles. The highest BCUT2D eigenvalue weighted by molar-refractivity contribution is 5.76. The Kier molecular flexibility index (Phi) is 6.19. The fourth-order valence-corrected chi connectivity index (χ4v) is 4.84. The lowest BCUT2D eigenvalue weighted by molar-refractivity contribution is -0.134. The smallest absolute Gasteiger partial charge is 0.222 e. The summed E-state index contributed by atoms with van der Waals surface area (Å²) in [7, 11) is 0. The van der Waals surface area contributed by atoms with Crippen molar-refractivity contribution in [2.75, 3.05) is 13.1 Å². The van der Waals surface area contributed by atoms with E-state index in [1.54, 1.807) is 0 Å². The molecule has 1 aliphatic carbocycles. The number of hydrogen-bond donors (Lipinski definition) is 0. The molecule has 0 spiro atoms. The molecule has 1 aromatic rings. The predicted molar refractivity (Wildman–Crippen MR) is 102 cm³/mol. The fourth-order valence-electron chi connectivity index (χ4n) is 4.84. The van der Waals surface area contributed by atoms with Crippen LogP contribution in [-0.2, 0) is 11.2 Å². The predicted octanol–water partition coefficient (Wildman–Crippen LogP) is 4.52. The minimum atomic E-state index is 0.403. The Labute approximate surface area is 153 Å². The van der Waals surface area contributed by atoms with Gasteiger partial charge in [0.15, 0.2) is 0 Å². The van der Waals surface area contributed by atoms with E-state index in [4.69, 9.17) is 0 Å². The van der Waals surface area contributed by atoms with Gasteiger partial charge in [-0.15, -0.1) is 0 Å². The number of aryl methyl sites for hydroxylation is 1. The third kappa shape index (κ3) is 4.65. The first-order valence-electron chi connectivity index (χ1n) is 10.3. The molecule has 1 atom stereocenters. The van der Waals surface area contributed by atoms with Crippen LogP contribution in [0.4, 0.5) is 0 Å². The maximum atomic E-state index is 12.7. The molecule has 2 heterocycles. The van der Waals surface area contributed by atoms with Gasteiger partial charge >= 0.3 is 0 Å². The number of likely N-dealkylation sites (tertiary alicyclic amines) is 1. The summed E-state index contributed by atoms with van der Waals surface area (Å²) in [4.78, 5) is 19.6. The van der Waals surface area contributed by atoms with Gasteiger partial charge in [0.1, 0.15) is 5.82 Å². The monoisotopic (exact) mass is 345 g/mol. The number of carbonyl (C=O) groups is 1. The Morgan fingerprint density at radius 2 is 1.88 bits per heavy atom. The lowest BCUT2D eigenvalue weighted by Gasteiger charge is -2.34. The first-order valence-corrected chi connectivity index (χ1v) is 10.3. The minimum absolute atomic E-state index is 0.403. The largest absolute Gasteiger partial charge is 0.342 e. The van der Waals surface area contributed by atoms with Crippen molar-refractivity contribution in [2.45, 2.75) is 84.6 Å². The molecule has 1 unspecified atom stereocenters. The summed E-state index contributed by atoms with van der Waals surface area (Å²) in [6.45, 7) is 8.46. The van der Waals surface area contributed by atoms with Gasteiger partial charge in [-0.05, 0) is 58.3 Å². The van der Waals surface area contributed by atoms with Crippen molar-refractivity contribution < 1.29 is 4.79 Å². The van der Waals surface area contributed by atoms with Crippen molar-refractivity contribution in [3.63, 3.8) is 0 Å². The maximum absolute atomic E-state index is 12.7. The summed E-state index contributed by atoms with van der Waals surface area (Å²) in [6, 6.07) is 0.449. The minimum Gasteiger partial charge on any atom is -0.342 e. The molecular weight excluding hydrogens is 310 g/mol. The maximum Gasteiger partial charge on any atom is 0.222 e. The van der Waals surface area contributed by atoms with E-state index < -0.39 is 0 Å². The fraction of sp³-hybridized carbons (Fsp3) is 0.810. The van der Waals surface area contributed by atoms with Gasteiger partial charge in [0, 0.05) is 43.9 Å². The molecule has 0 N–H and O–H groups in total. The zero-order valence-electron chi connectivity index (χ0n) is 16.3. The van der Waals surface area contributed by atoms with E-state index in [0.29, 0.717) is 23.8 Å². The standard InChI is InChI=1S/C21H35N3O/c1-16(2)24-17(3)14-22-20(24)12-19-10-7-11-23(15-19)21(25)13-18-8-5-4-6-9-18/h14,16,18-19H,4-13,15H2,1-3H3. The van der Waals surface area contributed by atoms with Crippen LogP contribution in [0.15, 0.2) is 6.20 Å². The highest BCUT2D eigenvalue weighted by Gasteiger charge is 2.27. The SMILES string of the molecule is Cc1cnc(CC2CCCN(C(=O)CC3CCCCC3)C2)n1C(C)C. The van der Waals surface area contributed by atoms with E-state index in [2.05, 4.69) is 35.2 Å². The van der Waals surface area contributed by atoms with E-state index >= 15 is 0 Å². The molecule has 0 radical (unpaired) electrons. The molecular formula is C21H35N3O. The number of rotatable bonds is 5. The van der Waals surface area contributed by atoms with Gasteiger partial charge in [-0.3, -0.25) is 4.79 Å². The molecule has 3 rings (SSSR count). The third-order valence-corrected chi connectivity index (χ3v) is 6.11. The van der Waals surface area contributed by atoms with Crippen molar-refractivity contribution in [1.82, 2.24) is 14.5 Å². The molecule has 0 aromatic carbocycles. The highest BCUT2D eigenvalue weighted by Crippen LogP contribution is 2.28. The molecule has 4 nitrogen and oxygen atoms in total. The van der Waals surface area contributed by atoms with Crippen molar-refractivity contribution in [3.05, 3.63) is 17.7 Å². The zero-order chi connectivity index (χ0) is 17.8. The van der Waals surface area contributed by atoms with E-state index in [1.807, 2.05) is 6.20 Å². The quantitative estimate of drug-likeness (QED) is 0.786. The first kappa shape index (κ1) is 18.5. The first-order chi connectivity index (χ1) is 12.0. The topological polar surface area (TPSA) is 38.1 Å². The van der Waals surface area contributed by atoms with Crippen molar-refractivity contribution in [2.24, 2.45) is 11.8 Å². The summed E-state index contributed by atoms with van der Waals surface area (Å²) in [6.07, 6.45) is 12.6. The second-order valence-electron chi connectivity index (χ2n) is 8.54. The average Bonchev–Trinajstić information content (AvgIpc) is 2.96. The van der Waals surface area contributed by atoms with Crippen LogP contribution < -0.4 is 0 Å². The van der Waals surface area contributed by atoms with E-state index in [1.165, 1.54) is 50.0 Å². The molecule has 1 amide bonds. The molecule has 0 bridgehead atoms. The second kappa shape index (κ2) is 8.37. The zero-order valence-corrected chi connectivity index (χ0v) is 16.3. The second-order valence-corrected chi connectivity index (χ2v) is 8.54. The third-order valence-electron chi connectivity index (χ3n) is 6.11. The molecule has 2 aliphatic rings. The molecule has 2 fully saturated rings. The van der Waals surface area contributed by atoms with Gasteiger partial charge in [0.05, 0.1) is 0 Å². The molecule has 140 valence electrons. The van der Waals surface area contributed by atoms with E-state index in [0.717, 1.165) is 32.4 Å². The molecule has 1 aromatic heterocycles. The van der Waals surface area contributed by atoms with Gasteiger partial charge in [-0.25, -0.2) is 4.98 Å². The number of nitrogens with zero attached hydrogens (tertiary/aromatic N) is 3. The number of piperidine rings is 1. The average molecular weight is 346 g/mol. The normalized spacial score (nSPS) is 22.6. The Hall–Kier alpha value is -1.32. The van der Waals surface area contributed by atoms with Crippen molar-refractivity contribution in [3.8, 4) is 0 Å². The number of amides is 1. The lowest BCUT2D eigenvalue weighted by atomic mass is 9.86. The van der Waals surface area contributed by atoms with Crippen LogP contribution in [0.3, 0.4) is 0 Å². The summed E-state index contributed by atoms with van der Waals surface area (Å²) >= 11 is 0. The number of carbonyl (C=O) groups excluding carboxylic acids is 1. The summed E-state index contributed by atoms with van der Waals surface area (Å²) in [5, 5.41) is 0. The summed E-state index contributed by atoms with van der Waals surface area (Å²) in [5.41, 5.74) is 1.24. The molecule has 1 saturated heterocycles. The lowest BCUT2D eigenvalue weighted by Crippen LogP contribution is -2.41. The van der Waals surface area contributed by atoms with Gasteiger partial charge in [0.2, 0.25) is 5.91 Å². The Morgan fingerprint density at radius 1 is 1.16 bits per heavy atom. The van der Waals surface area contributed by atoms with Crippen LogP contribution in [0.25, 0.3) is 0 Å². The highest BCUT2D eigenvalue weighted by atomic mass is 16.2. The van der Waals surface area contributed by atoms with Crippen LogP contribution in [0.2, 0.25) is 0 Å². The van der Waals surface area contributed by atoms with Crippen LogP contribution in [-0.4, -0.2) is 33.4 Å². The van der Waals surface area contributed by atoms with Gasteiger partial charge in [-0.1, -0.05) is 19.3 Å². The number of imidazole rings is 1. The van der Waals surface area contributed by atoms with Crippen LogP contribution in [0.5, 0.6) is 0 Å². The molecule has 4 heteroatoms. The van der Waals surface area contributed by atoms with E-state index in [9.17, 15) is 4.79 Å². The van der Waals surface area contributed by atoms with Crippen LogP contribution >= 0.6 is 0 Å². The Balaban J connectivity index is 1.56. The van der Waals surface area contributed by atoms with Crippen LogP contribution in [0, 0.1) is 18.8 Å². The van der Waals surface area contributed by atoms with Gasteiger partial charge in [-0.2, -0.15) is 0 Å². The van der Waals surface area contributed by atoms with Gasteiger partial charge < -0.3 is 9.47 Å². The molecule has 1 saturated carbocycles. The summed E-state index contributed by atoms with van der Waals surface area (Å²) in [5.74, 6) is 2.80. The number of hydrogen-bond acceptors (Lipinski definition) is 2. The van der Waals surface area contributed by atoms with Gasteiger partial charge in [0.25, 0.3) is 0 Å². The van der Waals surface area contributed by atoms with Crippen LogP contribution in [0.1, 0.15) is 82.8 Å².